The summed E-state index contributed by atoms with van der Waals surface area (Å²) < 4.78 is 5.44. The first-order valence-electron chi connectivity index (χ1n) is 14.4. The van der Waals surface area contributed by atoms with Crippen LogP contribution in [0.5, 0.6) is 0 Å². The molecule has 2 N–H and O–H groups in total. The molecular weight excluding hydrogens is 496 g/mol. The zero-order valence-electron chi connectivity index (χ0n) is 23.6. The maximum absolute atomic E-state index is 13.6. The second-order valence-electron chi connectivity index (χ2n) is 10.8. The first-order valence-corrected chi connectivity index (χ1v) is 14.4. The largest absolute Gasteiger partial charge is 0.461 e. The maximum atomic E-state index is 13.6. The summed E-state index contributed by atoms with van der Waals surface area (Å²) in [4.78, 5) is 58.3. The van der Waals surface area contributed by atoms with Gasteiger partial charge in [0.05, 0.1) is 24.9 Å². The van der Waals surface area contributed by atoms with Crippen LogP contribution in [0, 0.1) is 17.8 Å². The number of likely N-dealkylation sites (tertiary alicyclic amines) is 1. The Morgan fingerprint density at radius 2 is 1.92 bits per heavy atom. The molecule has 1 saturated heterocycles. The number of nitrogens with one attached hydrogen (secondary N) is 2. The van der Waals surface area contributed by atoms with E-state index < -0.39 is 17.9 Å². The number of ether oxygens (including phenoxy) is 1. The zero-order chi connectivity index (χ0) is 28.2. The van der Waals surface area contributed by atoms with E-state index in [1.807, 2.05) is 51.1 Å². The molecule has 9 heteroatoms. The van der Waals surface area contributed by atoms with E-state index in [1.165, 1.54) is 0 Å². The standard InChI is InChI=1S/C30H44N4O5/c1-4-26(35)23(12-8-14-31-30-32-15-16-33-30)18-27(36)25-13-9-17-34(25)29(38)24(21(2)3)19-28(37)39-20-22-10-6-5-7-11-22/h5-7,10-11,21,23-25H,4,8-9,12-20H2,1-3H3,(H2,31,32,33)/t23-,24+,25+/m1/s1. The number of ketones is 2. The van der Waals surface area contributed by atoms with E-state index in [2.05, 4.69) is 15.6 Å². The highest BCUT2D eigenvalue weighted by Gasteiger charge is 2.39. The van der Waals surface area contributed by atoms with Gasteiger partial charge in [-0.15, -0.1) is 0 Å². The number of guanidine groups is 1. The van der Waals surface area contributed by atoms with Crippen molar-refractivity contribution in [1.29, 1.82) is 0 Å². The van der Waals surface area contributed by atoms with Crippen LogP contribution in [-0.4, -0.2) is 66.5 Å². The lowest BCUT2D eigenvalue weighted by Crippen LogP contribution is -2.46. The van der Waals surface area contributed by atoms with Crippen LogP contribution in [0.1, 0.15) is 71.3 Å². The van der Waals surface area contributed by atoms with Crippen LogP contribution in [0.15, 0.2) is 35.3 Å². The van der Waals surface area contributed by atoms with Crippen LogP contribution >= 0.6 is 0 Å². The molecule has 0 unspecified atom stereocenters. The van der Waals surface area contributed by atoms with Gasteiger partial charge in [0, 0.05) is 38.4 Å². The molecule has 2 aliphatic heterocycles. The average Bonchev–Trinajstić information content (AvgIpc) is 3.64. The molecule has 9 nitrogen and oxygen atoms in total. The summed E-state index contributed by atoms with van der Waals surface area (Å²) in [7, 11) is 0. The van der Waals surface area contributed by atoms with Gasteiger partial charge in [0.1, 0.15) is 12.4 Å². The molecule has 1 amide bonds. The van der Waals surface area contributed by atoms with Crippen molar-refractivity contribution in [2.75, 3.05) is 26.2 Å². The predicted molar refractivity (Wildman–Crippen MR) is 150 cm³/mol. The van der Waals surface area contributed by atoms with Crippen LogP contribution < -0.4 is 10.6 Å². The summed E-state index contributed by atoms with van der Waals surface area (Å²) in [5.74, 6) is -0.790. The lowest BCUT2D eigenvalue weighted by Gasteiger charge is -2.30. The Hall–Kier alpha value is -3.23. The Morgan fingerprint density at radius 1 is 1.15 bits per heavy atom. The Balaban J connectivity index is 1.55. The van der Waals surface area contributed by atoms with Gasteiger partial charge in [-0.3, -0.25) is 24.2 Å². The number of nitrogens with zero attached hydrogens (tertiary/aromatic N) is 2. The fraction of sp³-hybridized carbons (Fsp3) is 0.633. The molecule has 0 spiro atoms. The van der Waals surface area contributed by atoms with Crippen molar-refractivity contribution in [2.24, 2.45) is 22.7 Å². The number of carbonyl (C=O) groups excluding carboxylic acids is 4. The van der Waals surface area contributed by atoms with E-state index in [9.17, 15) is 19.2 Å². The number of hydrogen-bond donors (Lipinski definition) is 2. The summed E-state index contributed by atoms with van der Waals surface area (Å²) in [5.41, 5.74) is 0.888. The van der Waals surface area contributed by atoms with Crippen LogP contribution in [0.4, 0.5) is 0 Å². The molecule has 0 saturated carbocycles. The van der Waals surface area contributed by atoms with Crippen LogP contribution in [0.25, 0.3) is 0 Å². The highest BCUT2D eigenvalue weighted by molar-refractivity contribution is 5.94. The van der Waals surface area contributed by atoms with Crippen LogP contribution in [0.2, 0.25) is 0 Å². The number of carbonyl (C=O) groups is 4. The van der Waals surface area contributed by atoms with Crippen LogP contribution in [0.3, 0.4) is 0 Å². The highest BCUT2D eigenvalue weighted by atomic mass is 16.5. The number of aliphatic imine (C=N–C) groups is 1. The van der Waals surface area contributed by atoms with Crippen LogP contribution in [-0.2, 0) is 30.5 Å². The second-order valence-corrected chi connectivity index (χ2v) is 10.8. The van der Waals surface area contributed by atoms with E-state index in [0.717, 1.165) is 37.5 Å². The average molecular weight is 541 g/mol. The predicted octanol–water partition coefficient (Wildman–Crippen LogP) is 3.27. The molecule has 1 fully saturated rings. The molecule has 0 aromatic heterocycles. The number of benzene rings is 1. The van der Waals surface area contributed by atoms with Gasteiger partial charge in [-0.05, 0) is 37.2 Å². The monoisotopic (exact) mass is 540 g/mol. The molecule has 3 rings (SSSR count). The van der Waals surface area contributed by atoms with Gasteiger partial charge in [-0.25, -0.2) is 0 Å². The smallest absolute Gasteiger partial charge is 0.306 e. The van der Waals surface area contributed by atoms with Crippen molar-refractivity contribution in [2.45, 2.75) is 78.4 Å². The van der Waals surface area contributed by atoms with Gasteiger partial charge in [0.25, 0.3) is 0 Å². The van der Waals surface area contributed by atoms with Gasteiger partial charge < -0.3 is 20.3 Å². The third-order valence-corrected chi connectivity index (χ3v) is 7.61. The SMILES string of the molecule is CCC(=O)[C@H](CCCNC1=NCCN1)CC(=O)[C@@H]1CCCN1C(=O)[C@@H](CC(=O)OCc1ccccc1)C(C)C. The van der Waals surface area contributed by atoms with E-state index in [-0.39, 0.29) is 48.8 Å². The Bertz CT molecular complexity index is 1010. The number of hydrogen-bond acceptors (Lipinski definition) is 8. The molecule has 3 atom stereocenters. The fourth-order valence-corrected chi connectivity index (χ4v) is 5.28. The first-order chi connectivity index (χ1) is 18.8. The minimum Gasteiger partial charge on any atom is -0.461 e. The second kappa shape index (κ2) is 15.4. The molecule has 214 valence electrons. The quantitative estimate of drug-likeness (QED) is 0.259. The minimum absolute atomic E-state index is 0.0230. The highest BCUT2D eigenvalue weighted by Crippen LogP contribution is 2.28. The van der Waals surface area contributed by atoms with Crippen molar-refractivity contribution < 1.29 is 23.9 Å². The van der Waals surface area contributed by atoms with E-state index in [4.69, 9.17) is 4.74 Å². The lowest BCUT2D eigenvalue weighted by atomic mass is 9.88. The summed E-state index contributed by atoms with van der Waals surface area (Å²) in [6.45, 7) is 8.57. The van der Waals surface area contributed by atoms with E-state index >= 15 is 0 Å². The summed E-state index contributed by atoms with van der Waals surface area (Å²) in [6.07, 6.45) is 3.19. The number of amides is 1. The molecule has 0 aliphatic carbocycles. The van der Waals surface area contributed by atoms with E-state index in [1.54, 1.807) is 4.90 Å². The normalized spacial score (nSPS) is 18.3. The third-order valence-electron chi connectivity index (χ3n) is 7.61. The summed E-state index contributed by atoms with van der Waals surface area (Å²) >= 11 is 0. The molecule has 0 bridgehead atoms. The lowest BCUT2D eigenvalue weighted by molar-refractivity contribution is -0.152. The first kappa shape index (κ1) is 30.3. The topological polar surface area (TPSA) is 117 Å². The molecule has 0 radical (unpaired) electrons. The molecular formula is C30H44N4O5. The van der Waals surface area contributed by atoms with Crippen molar-refractivity contribution in [3.05, 3.63) is 35.9 Å². The zero-order valence-corrected chi connectivity index (χ0v) is 23.6. The molecule has 1 aromatic rings. The fourth-order valence-electron chi connectivity index (χ4n) is 5.28. The third kappa shape index (κ3) is 9.18. The molecule has 2 heterocycles. The van der Waals surface area contributed by atoms with Gasteiger partial charge in [0.15, 0.2) is 11.7 Å². The summed E-state index contributed by atoms with van der Waals surface area (Å²) in [6, 6.07) is 8.89. The maximum Gasteiger partial charge on any atom is 0.306 e. The number of Topliss-reactive ketones (excluding diaryl/α,β-unsaturated/α-hetero) is 2. The van der Waals surface area contributed by atoms with Crippen molar-refractivity contribution in [3.8, 4) is 0 Å². The summed E-state index contributed by atoms with van der Waals surface area (Å²) in [5, 5.41) is 6.39. The van der Waals surface area contributed by atoms with Crippen molar-refractivity contribution in [1.82, 2.24) is 15.5 Å². The Kier molecular flexibility index (Phi) is 12.0. The van der Waals surface area contributed by atoms with Gasteiger partial charge >= 0.3 is 5.97 Å². The molecule has 39 heavy (non-hydrogen) atoms. The molecule has 1 aromatic carbocycles. The Morgan fingerprint density at radius 3 is 2.59 bits per heavy atom. The van der Waals surface area contributed by atoms with Crippen molar-refractivity contribution in [3.63, 3.8) is 0 Å². The van der Waals surface area contributed by atoms with E-state index in [0.29, 0.717) is 32.4 Å². The Labute approximate surface area is 232 Å². The number of rotatable bonds is 15. The van der Waals surface area contributed by atoms with Gasteiger partial charge in [-0.2, -0.15) is 0 Å². The van der Waals surface area contributed by atoms with Gasteiger partial charge in [-0.1, -0.05) is 51.1 Å². The number of esters is 1. The minimum atomic E-state index is -0.562. The molecule has 2 aliphatic rings. The van der Waals surface area contributed by atoms with Crippen molar-refractivity contribution >= 4 is 29.4 Å². The van der Waals surface area contributed by atoms with Gasteiger partial charge in [0.2, 0.25) is 5.91 Å².